The van der Waals surface area contributed by atoms with Gasteiger partial charge in [-0.1, -0.05) is 18.2 Å². The Hall–Kier alpha value is -1.52. The van der Waals surface area contributed by atoms with E-state index in [9.17, 15) is 0 Å². The molecule has 94 valence electrons. The van der Waals surface area contributed by atoms with Gasteiger partial charge in [-0.25, -0.2) is 4.90 Å². The van der Waals surface area contributed by atoms with Crippen molar-refractivity contribution < 1.29 is 9.48 Å². The van der Waals surface area contributed by atoms with Crippen molar-refractivity contribution in [3.05, 3.63) is 42.7 Å². The van der Waals surface area contributed by atoms with Gasteiger partial charge in [0, 0.05) is 0 Å². The van der Waals surface area contributed by atoms with Crippen LogP contribution >= 0.6 is 0 Å². The molecule has 0 aliphatic carbocycles. The number of quaternary nitrogens is 1. The van der Waals surface area contributed by atoms with E-state index in [0.29, 0.717) is 5.04 Å². The number of amidine groups is 1. The van der Waals surface area contributed by atoms with Crippen molar-refractivity contribution in [1.29, 1.82) is 0 Å². The minimum absolute atomic E-state index is 0.671. The van der Waals surface area contributed by atoms with Gasteiger partial charge >= 0.3 is 5.84 Å². The van der Waals surface area contributed by atoms with Crippen molar-refractivity contribution in [2.24, 2.45) is 4.99 Å². The molecule has 0 bridgehead atoms. The van der Waals surface area contributed by atoms with Crippen LogP contribution in [0.5, 0.6) is 0 Å². The molecule has 2 rings (SSSR count). The average Bonchev–Trinajstić information content (AvgIpc) is 2.82. The first-order valence-electron chi connectivity index (χ1n) is 6.25. The lowest BCUT2D eigenvalue weighted by molar-refractivity contribution is -0.753. The highest BCUT2D eigenvalue weighted by atomic mass is 32.1. The molecule has 1 heterocycles. The molecule has 0 saturated heterocycles. The van der Waals surface area contributed by atoms with Gasteiger partial charge in [0.25, 0.3) is 0 Å². The van der Waals surface area contributed by atoms with Crippen LogP contribution < -0.4 is 4.90 Å². The van der Waals surface area contributed by atoms with Crippen LogP contribution in [-0.4, -0.2) is 28.5 Å². The van der Waals surface area contributed by atoms with E-state index in [1.54, 1.807) is 0 Å². The molecule has 18 heavy (non-hydrogen) atoms. The molecule has 0 spiro atoms. The molecule has 0 radical (unpaired) electrons. The van der Waals surface area contributed by atoms with Crippen LogP contribution in [-0.2, 0) is 12.6 Å². The van der Waals surface area contributed by atoms with Crippen LogP contribution in [0.2, 0.25) is 0 Å². The first-order chi connectivity index (χ1) is 8.76. The second kappa shape index (κ2) is 5.89. The average molecular weight is 260 g/mol. The van der Waals surface area contributed by atoms with E-state index in [2.05, 4.69) is 35.8 Å². The van der Waals surface area contributed by atoms with Crippen LogP contribution in [0.15, 0.2) is 47.7 Å². The molecule has 1 atom stereocenters. The van der Waals surface area contributed by atoms with Crippen LogP contribution in [0.1, 0.15) is 13.8 Å². The molecule has 0 aromatic heterocycles. The van der Waals surface area contributed by atoms with Gasteiger partial charge in [0.2, 0.25) is 6.20 Å². The maximum atomic E-state index is 5.48. The minimum Gasteiger partial charge on any atom is -0.748 e. The molecule has 0 saturated carbocycles. The summed E-state index contributed by atoms with van der Waals surface area (Å²) in [6, 6.07) is 9.87. The molecular formula is C14H18N3S+. The molecule has 4 heteroatoms. The second-order valence-corrected chi connectivity index (χ2v) is 4.47. The normalized spacial score (nSPS) is 19.7. The van der Waals surface area contributed by atoms with E-state index >= 15 is 0 Å². The summed E-state index contributed by atoms with van der Waals surface area (Å²) < 4.78 is 2.16. The van der Waals surface area contributed by atoms with Crippen LogP contribution in [0.3, 0.4) is 0 Å². The Bertz CT molecular complexity index is 503. The number of rotatable bonds is 4. The predicted octanol–water partition coefficient (Wildman–Crippen LogP) is 1.08. The van der Waals surface area contributed by atoms with Crippen molar-refractivity contribution in [2.45, 2.75) is 13.8 Å². The highest BCUT2D eigenvalue weighted by Gasteiger charge is 2.28. The summed E-state index contributed by atoms with van der Waals surface area (Å²) in [5, 5.41) is 0.671. The maximum Gasteiger partial charge on any atom is 0.370 e. The van der Waals surface area contributed by atoms with Crippen molar-refractivity contribution in [1.82, 2.24) is 0 Å². The van der Waals surface area contributed by atoms with Gasteiger partial charge in [0.15, 0.2) is 12.7 Å². The summed E-state index contributed by atoms with van der Waals surface area (Å²) in [5.74, 6) is 1.08. The molecule has 1 aromatic rings. The van der Waals surface area contributed by atoms with Crippen molar-refractivity contribution in [3.63, 3.8) is 0 Å². The van der Waals surface area contributed by atoms with Gasteiger partial charge in [0.1, 0.15) is 0 Å². The zero-order valence-electron chi connectivity index (χ0n) is 10.8. The molecule has 1 N–H and O–H groups in total. The summed E-state index contributed by atoms with van der Waals surface area (Å²) >= 11 is 5.48. The zero-order valence-corrected chi connectivity index (χ0v) is 11.6. The Labute approximate surface area is 114 Å². The number of nitrogens with one attached hydrogen (secondary N) is 1. The van der Waals surface area contributed by atoms with E-state index in [4.69, 9.17) is 12.6 Å². The van der Waals surface area contributed by atoms with Gasteiger partial charge in [0.05, 0.1) is 17.3 Å². The summed E-state index contributed by atoms with van der Waals surface area (Å²) in [6.07, 6.45) is 4.21. The number of benzene rings is 1. The highest BCUT2D eigenvalue weighted by molar-refractivity contribution is 7.80. The summed E-state index contributed by atoms with van der Waals surface area (Å²) in [4.78, 5) is 5.79. The molecular weight excluding hydrogens is 242 g/mol. The van der Waals surface area contributed by atoms with Crippen molar-refractivity contribution in [2.75, 3.05) is 13.1 Å². The minimum atomic E-state index is 0.671. The molecule has 0 fully saturated rings. The SMILES string of the molecule is CC[N+]1=C(C([S-])=Nc2ccccc2)[NH+](CC)C=C1. The fraction of sp³-hybridized carbons (Fsp3) is 0.286. The van der Waals surface area contributed by atoms with Gasteiger partial charge in [-0.3, -0.25) is 4.99 Å². The highest BCUT2D eigenvalue weighted by Crippen LogP contribution is 2.10. The fourth-order valence-electron chi connectivity index (χ4n) is 2.00. The standard InChI is InChI=1S/C14H17N3S/c1-3-16-10-11-17(4-2)14(16)13(18)15-12-8-6-5-7-9-12/h5-11H,3-4H2,1-2H3/p+1. The number of hydrogen-bond donors (Lipinski definition) is 1. The van der Waals surface area contributed by atoms with Crippen molar-refractivity contribution in [3.8, 4) is 0 Å². The maximum absolute atomic E-state index is 5.48. The third-order valence-corrected chi connectivity index (χ3v) is 3.24. The third-order valence-electron chi connectivity index (χ3n) is 2.96. The van der Waals surface area contributed by atoms with Gasteiger partial charge in [-0.2, -0.15) is 0 Å². The number of para-hydroxylation sites is 1. The lowest BCUT2D eigenvalue weighted by atomic mass is 10.3. The predicted molar refractivity (Wildman–Crippen MR) is 77.4 cm³/mol. The quantitative estimate of drug-likeness (QED) is 0.372. The fourth-order valence-corrected chi connectivity index (χ4v) is 2.35. The summed E-state index contributed by atoms with van der Waals surface area (Å²) in [6.45, 7) is 6.16. The molecule has 1 aliphatic rings. The van der Waals surface area contributed by atoms with E-state index in [1.807, 2.05) is 30.3 Å². The Morgan fingerprint density at radius 2 is 2.00 bits per heavy atom. The summed E-state index contributed by atoms with van der Waals surface area (Å²) in [5.41, 5.74) is 0.911. The van der Waals surface area contributed by atoms with E-state index < -0.39 is 0 Å². The van der Waals surface area contributed by atoms with E-state index in [0.717, 1.165) is 24.6 Å². The first kappa shape index (κ1) is 12.9. The van der Waals surface area contributed by atoms with Gasteiger partial charge < -0.3 is 12.6 Å². The molecule has 1 unspecified atom stereocenters. The Morgan fingerprint density at radius 3 is 2.61 bits per heavy atom. The number of hydrogen-bond acceptors (Lipinski definition) is 2. The monoisotopic (exact) mass is 260 g/mol. The smallest absolute Gasteiger partial charge is 0.370 e. The van der Waals surface area contributed by atoms with Gasteiger partial charge in [-0.15, -0.1) is 4.58 Å². The molecule has 0 amide bonds. The lowest BCUT2D eigenvalue weighted by Crippen LogP contribution is -3.10. The van der Waals surface area contributed by atoms with Crippen molar-refractivity contribution >= 4 is 29.2 Å². The first-order valence-corrected chi connectivity index (χ1v) is 6.66. The molecule has 1 aliphatic heterocycles. The van der Waals surface area contributed by atoms with E-state index in [-0.39, 0.29) is 0 Å². The Kier molecular flexibility index (Phi) is 4.23. The molecule has 3 nitrogen and oxygen atoms in total. The van der Waals surface area contributed by atoms with Crippen LogP contribution in [0, 0.1) is 0 Å². The number of nitrogens with zero attached hydrogens (tertiary/aromatic N) is 2. The number of aliphatic imine (C=N–C) groups is 1. The van der Waals surface area contributed by atoms with Crippen LogP contribution in [0.25, 0.3) is 0 Å². The molecule has 1 aromatic carbocycles. The zero-order chi connectivity index (χ0) is 13.0. The lowest BCUT2D eigenvalue weighted by Gasteiger charge is -2.12. The van der Waals surface area contributed by atoms with Crippen LogP contribution in [0.4, 0.5) is 5.69 Å². The largest absolute Gasteiger partial charge is 0.748 e. The second-order valence-electron chi connectivity index (χ2n) is 4.08. The third kappa shape index (κ3) is 2.66. The van der Waals surface area contributed by atoms with E-state index in [1.165, 1.54) is 4.90 Å². The van der Waals surface area contributed by atoms with Gasteiger partial charge in [-0.05, 0) is 26.0 Å². The Morgan fingerprint density at radius 1 is 1.28 bits per heavy atom. The Balaban J connectivity index is 2.33. The summed E-state index contributed by atoms with van der Waals surface area (Å²) in [7, 11) is 0. The topological polar surface area (TPSA) is 19.8 Å².